The largest absolute Gasteiger partial charge is 0.507 e. The number of aliphatic hydroxyl groups is 1. The van der Waals surface area contributed by atoms with Crippen molar-refractivity contribution in [2.45, 2.75) is 12.5 Å². The van der Waals surface area contributed by atoms with Gasteiger partial charge in [0.05, 0.1) is 24.8 Å². The number of morpholine rings is 1. The van der Waals surface area contributed by atoms with E-state index in [1.54, 1.807) is 47.4 Å². The van der Waals surface area contributed by atoms with E-state index in [1.807, 2.05) is 18.2 Å². The SMILES string of the molecule is C=CCOc1ccc([C@@H]2/C(=C(\O)c3ccccc3)C(=O)C(=O)N2CCCN2CCOCC2)cc1. The topological polar surface area (TPSA) is 79.3 Å². The second kappa shape index (κ2) is 11.1. The summed E-state index contributed by atoms with van der Waals surface area (Å²) < 4.78 is 11.0. The van der Waals surface area contributed by atoms with Gasteiger partial charge in [-0.25, -0.2) is 0 Å². The molecule has 2 aliphatic rings. The molecule has 34 heavy (non-hydrogen) atoms. The van der Waals surface area contributed by atoms with Crippen LogP contribution in [0.3, 0.4) is 0 Å². The fraction of sp³-hybridized carbons (Fsp3) is 0.333. The van der Waals surface area contributed by atoms with Crippen LogP contribution in [0.25, 0.3) is 5.76 Å². The van der Waals surface area contributed by atoms with E-state index in [0.717, 1.165) is 31.6 Å². The molecule has 0 bridgehead atoms. The van der Waals surface area contributed by atoms with E-state index in [-0.39, 0.29) is 11.3 Å². The lowest BCUT2D eigenvalue weighted by atomic mass is 9.95. The number of Topliss-reactive ketones (excluding diaryl/α,β-unsaturated/α-hetero) is 1. The van der Waals surface area contributed by atoms with Crippen LogP contribution >= 0.6 is 0 Å². The monoisotopic (exact) mass is 462 g/mol. The third kappa shape index (κ3) is 5.21. The molecular formula is C27H30N2O5. The number of nitrogens with zero attached hydrogens (tertiary/aromatic N) is 2. The van der Waals surface area contributed by atoms with E-state index >= 15 is 0 Å². The van der Waals surface area contributed by atoms with Gasteiger partial charge in [-0.05, 0) is 24.1 Å². The van der Waals surface area contributed by atoms with E-state index in [4.69, 9.17) is 9.47 Å². The molecule has 1 amide bonds. The second-order valence-corrected chi connectivity index (χ2v) is 8.33. The first-order chi connectivity index (χ1) is 16.6. The number of hydrogen-bond donors (Lipinski definition) is 1. The summed E-state index contributed by atoms with van der Waals surface area (Å²) in [5, 5.41) is 11.1. The third-order valence-corrected chi connectivity index (χ3v) is 6.13. The van der Waals surface area contributed by atoms with E-state index in [1.165, 1.54) is 0 Å². The lowest BCUT2D eigenvalue weighted by molar-refractivity contribution is -0.140. The van der Waals surface area contributed by atoms with Gasteiger partial charge in [-0.2, -0.15) is 0 Å². The van der Waals surface area contributed by atoms with Gasteiger partial charge in [0.1, 0.15) is 18.1 Å². The van der Waals surface area contributed by atoms with Crippen molar-refractivity contribution in [2.24, 2.45) is 0 Å². The van der Waals surface area contributed by atoms with E-state index in [0.29, 0.717) is 37.7 Å². The first-order valence-corrected chi connectivity index (χ1v) is 11.6. The maximum Gasteiger partial charge on any atom is 0.295 e. The van der Waals surface area contributed by atoms with Crippen molar-refractivity contribution in [3.8, 4) is 5.75 Å². The fourth-order valence-electron chi connectivity index (χ4n) is 4.40. The summed E-state index contributed by atoms with van der Waals surface area (Å²) in [5.41, 5.74) is 1.36. The molecule has 2 heterocycles. The summed E-state index contributed by atoms with van der Waals surface area (Å²) >= 11 is 0. The van der Waals surface area contributed by atoms with Crippen molar-refractivity contribution in [2.75, 3.05) is 46.0 Å². The smallest absolute Gasteiger partial charge is 0.295 e. The molecule has 2 fully saturated rings. The van der Waals surface area contributed by atoms with Crippen LogP contribution in [0.4, 0.5) is 0 Å². The first kappa shape index (κ1) is 23.7. The Kier molecular flexibility index (Phi) is 7.77. The number of carbonyl (C=O) groups is 2. The number of likely N-dealkylation sites (tertiary alicyclic amines) is 1. The van der Waals surface area contributed by atoms with Crippen LogP contribution in [0.1, 0.15) is 23.6 Å². The summed E-state index contributed by atoms with van der Waals surface area (Å²) in [5.74, 6) is -0.747. The molecule has 0 spiro atoms. The molecule has 1 N–H and O–H groups in total. The van der Waals surface area contributed by atoms with Crippen molar-refractivity contribution < 1.29 is 24.2 Å². The predicted molar refractivity (Wildman–Crippen MR) is 129 cm³/mol. The Morgan fingerprint density at radius 1 is 1.06 bits per heavy atom. The van der Waals surface area contributed by atoms with Crippen LogP contribution in [-0.4, -0.2) is 72.6 Å². The maximum absolute atomic E-state index is 13.1. The highest BCUT2D eigenvalue weighted by Crippen LogP contribution is 2.39. The van der Waals surface area contributed by atoms with Crippen molar-refractivity contribution in [1.82, 2.24) is 9.80 Å². The van der Waals surface area contributed by atoms with Crippen molar-refractivity contribution in [3.05, 3.63) is 84.0 Å². The Bertz CT molecular complexity index is 1040. The van der Waals surface area contributed by atoms with Crippen molar-refractivity contribution in [3.63, 3.8) is 0 Å². The summed E-state index contributed by atoms with van der Waals surface area (Å²) in [6, 6.07) is 15.5. The zero-order valence-electron chi connectivity index (χ0n) is 19.2. The number of benzene rings is 2. The molecule has 178 valence electrons. The molecule has 7 nitrogen and oxygen atoms in total. The van der Waals surface area contributed by atoms with Crippen LogP contribution in [0, 0.1) is 0 Å². The molecule has 2 aromatic carbocycles. The Labute approximate surface area is 199 Å². The van der Waals surface area contributed by atoms with Gasteiger partial charge in [0.2, 0.25) is 0 Å². The van der Waals surface area contributed by atoms with Gasteiger partial charge in [-0.15, -0.1) is 0 Å². The lowest BCUT2D eigenvalue weighted by Crippen LogP contribution is -2.38. The number of rotatable bonds is 9. The Hall–Kier alpha value is -3.42. The molecule has 0 aromatic heterocycles. The van der Waals surface area contributed by atoms with Crippen LogP contribution in [0.2, 0.25) is 0 Å². The minimum absolute atomic E-state index is 0.113. The fourth-order valence-corrected chi connectivity index (χ4v) is 4.40. The lowest BCUT2D eigenvalue weighted by Gasteiger charge is -2.29. The van der Waals surface area contributed by atoms with Gasteiger partial charge in [-0.3, -0.25) is 14.5 Å². The molecule has 0 unspecified atom stereocenters. The molecule has 7 heteroatoms. The van der Waals surface area contributed by atoms with Gasteiger partial charge in [0.15, 0.2) is 0 Å². The number of aliphatic hydroxyl groups excluding tert-OH is 1. The van der Waals surface area contributed by atoms with Crippen LogP contribution in [0.15, 0.2) is 72.8 Å². The van der Waals surface area contributed by atoms with E-state index in [9.17, 15) is 14.7 Å². The van der Waals surface area contributed by atoms with Gasteiger partial charge >= 0.3 is 0 Å². The number of ketones is 1. The molecular weight excluding hydrogens is 432 g/mol. The molecule has 4 rings (SSSR count). The van der Waals surface area contributed by atoms with Crippen LogP contribution in [0.5, 0.6) is 5.75 Å². The molecule has 2 aromatic rings. The number of carbonyl (C=O) groups excluding carboxylic acids is 2. The summed E-state index contributed by atoms with van der Waals surface area (Å²) in [6.45, 7) is 8.40. The quantitative estimate of drug-likeness (QED) is 0.266. The number of ether oxygens (including phenoxy) is 2. The molecule has 0 saturated carbocycles. The van der Waals surface area contributed by atoms with Gasteiger partial charge in [0.25, 0.3) is 11.7 Å². The highest BCUT2D eigenvalue weighted by atomic mass is 16.5. The minimum atomic E-state index is -0.668. The minimum Gasteiger partial charge on any atom is -0.507 e. The number of hydrogen-bond acceptors (Lipinski definition) is 6. The maximum atomic E-state index is 13.1. The van der Waals surface area contributed by atoms with Crippen molar-refractivity contribution >= 4 is 17.4 Å². The highest BCUT2D eigenvalue weighted by molar-refractivity contribution is 6.46. The zero-order chi connectivity index (χ0) is 23.9. The van der Waals surface area contributed by atoms with Crippen LogP contribution < -0.4 is 4.74 Å². The standard InChI is InChI=1S/C27H30N2O5/c1-2-17-34-22-11-9-20(10-12-22)24-23(25(30)21-7-4-3-5-8-21)26(31)27(32)29(24)14-6-13-28-15-18-33-19-16-28/h2-5,7-12,24,30H,1,6,13-19H2/b25-23+/t24-/m1/s1. The van der Waals surface area contributed by atoms with Gasteiger partial charge in [-0.1, -0.05) is 55.1 Å². The average Bonchev–Trinajstić information content (AvgIpc) is 3.13. The highest BCUT2D eigenvalue weighted by Gasteiger charge is 2.45. The predicted octanol–water partition coefficient (Wildman–Crippen LogP) is 3.40. The zero-order valence-corrected chi connectivity index (χ0v) is 19.2. The Morgan fingerprint density at radius 3 is 2.44 bits per heavy atom. The normalized spacial score (nSPS) is 20.5. The van der Waals surface area contributed by atoms with Crippen LogP contribution in [-0.2, 0) is 14.3 Å². The van der Waals surface area contributed by atoms with Gasteiger partial charge in [0, 0.05) is 31.7 Å². The molecule has 2 aliphatic heterocycles. The Morgan fingerprint density at radius 2 is 1.76 bits per heavy atom. The van der Waals surface area contributed by atoms with Crippen molar-refractivity contribution in [1.29, 1.82) is 0 Å². The average molecular weight is 463 g/mol. The Balaban J connectivity index is 1.64. The molecule has 1 atom stereocenters. The third-order valence-electron chi connectivity index (χ3n) is 6.13. The number of amides is 1. The van der Waals surface area contributed by atoms with E-state index in [2.05, 4.69) is 11.5 Å². The molecule has 0 radical (unpaired) electrons. The summed E-state index contributed by atoms with van der Waals surface area (Å²) in [6.07, 6.45) is 2.38. The first-order valence-electron chi connectivity index (χ1n) is 11.6. The van der Waals surface area contributed by atoms with E-state index < -0.39 is 17.7 Å². The molecule has 0 aliphatic carbocycles. The summed E-state index contributed by atoms with van der Waals surface area (Å²) in [4.78, 5) is 30.1. The molecule has 2 saturated heterocycles. The summed E-state index contributed by atoms with van der Waals surface area (Å²) in [7, 11) is 0. The second-order valence-electron chi connectivity index (χ2n) is 8.33. The van der Waals surface area contributed by atoms with Gasteiger partial charge < -0.3 is 19.5 Å².